The summed E-state index contributed by atoms with van der Waals surface area (Å²) in [6, 6.07) is 4.48. The molecule has 1 rings (SSSR count). The lowest BCUT2D eigenvalue weighted by atomic mass is 10.2. The van der Waals surface area contributed by atoms with Gasteiger partial charge in [-0.25, -0.2) is 0 Å². The fourth-order valence-electron chi connectivity index (χ4n) is 0.928. The second-order valence-corrected chi connectivity index (χ2v) is 2.44. The van der Waals surface area contributed by atoms with E-state index in [1.807, 2.05) is 0 Å². The van der Waals surface area contributed by atoms with E-state index in [2.05, 4.69) is 5.92 Å². The maximum atomic E-state index is 9.12. The van der Waals surface area contributed by atoms with Gasteiger partial charge in [-0.15, -0.1) is 6.42 Å². The fraction of sp³-hybridized carbons (Fsp3) is 0.200. The Morgan fingerprint density at radius 2 is 2.23 bits per heavy atom. The van der Waals surface area contributed by atoms with Gasteiger partial charge in [-0.3, -0.25) is 0 Å². The van der Waals surface area contributed by atoms with Crippen LogP contribution < -0.4 is 4.74 Å². The van der Waals surface area contributed by atoms with Gasteiger partial charge in [-0.2, -0.15) is 0 Å². The highest BCUT2D eigenvalue weighted by molar-refractivity contribution is 5.39. The molecule has 0 saturated carbocycles. The van der Waals surface area contributed by atoms with Gasteiger partial charge in [0.1, 0.15) is 18.1 Å². The van der Waals surface area contributed by atoms with E-state index in [1.165, 1.54) is 12.1 Å². The van der Waals surface area contributed by atoms with Gasteiger partial charge in [0.15, 0.2) is 0 Å². The lowest BCUT2D eigenvalue weighted by molar-refractivity contribution is 0.270. The second-order valence-electron chi connectivity index (χ2n) is 2.44. The van der Waals surface area contributed by atoms with Crippen LogP contribution in [0.3, 0.4) is 0 Å². The van der Waals surface area contributed by atoms with Crippen LogP contribution in [0.1, 0.15) is 5.56 Å². The van der Waals surface area contributed by atoms with Gasteiger partial charge >= 0.3 is 0 Å². The molecule has 0 heterocycles. The SMILES string of the molecule is C#CCOc1cc(O)ccc1CO. The summed E-state index contributed by atoms with van der Waals surface area (Å²) in [6.07, 6.45) is 5.01. The van der Waals surface area contributed by atoms with Crippen molar-refractivity contribution in [3.8, 4) is 23.8 Å². The smallest absolute Gasteiger partial charge is 0.148 e. The molecule has 0 atom stereocenters. The number of aliphatic hydroxyl groups is 1. The molecule has 68 valence electrons. The summed E-state index contributed by atoms with van der Waals surface area (Å²) in [4.78, 5) is 0. The van der Waals surface area contributed by atoms with Crippen LogP contribution >= 0.6 is 0 Å². The minimum atomic E-state index is -0.139. The number of aromatic hydroxyl groups is 1. The van der Waals surface area contributed by atoms with Crippen LogP contribution in [0.25, 0.3) is 0 Å². The Labute approximate surface area is 76.6 Å². The predicted octanol–water partition coefficient (Wildman–Crippen LogP) is 0.897. The Bertz CT molecular complexity index is 325. The molecule has 0 fully saturated rings. The topological polar surface area (TPSA) is 49.7 Å². The van der Waals surface area contributed by atoms with Crippen LogP contribution in [-0.2, 0) is 6.61 Å². The zero-order chi connectivity index (χ0) is 9.68. The summed E-state index contributed by atoms with van der Waals surface area (Å²) < 4.78 is 5.10. The van der Waals surface area contributed by atoms with Crippen LogP contribution in [0.4, 0.5) is 0 Å². The van der Waals surface area contributed by atoms with Crippen LogP contribution in [0.5, 0.6) is 11.5 Å². The summed E-state index contributed by atoms with van der Waals surface area (Å²) in [5.74, 6) is 2.81. The third-order valence-corrected chi connectivity index (χ3v) is 1.53. The van der Waals surface area contributed by atoms with E-state index in [9.17, 15) is 0 Å². The highest BCUT2D eigenvalue weighted by atomic mass is 16.5. The molecule has 1 aromatic rings. The van der Waals surface area contributed by atoms with Crippen molar-refractivity contribution >= 4 is 0 Å². The molecular weight excluding hydrogens is 168 g/mol. The second kappa shape index (κ2) is 4.39. The van der Waals surface area contributed by atoms with Crippen molar-refractivity contribution in [3.05, 3.63) is 23.8 Å². The normalized spacial score (nSPS) is 9.23. The number of ether oxygens (including phenoxy) is 1. The summed E-state index contributed by atoms with van der Waals surface area (Å²) in [7, 11) is 0. The Morgan fingerprint density at radius 3 is 2.85 bits per heavy atom. The number of benzene rings is 1. The van der Waals surface area contributed by atoms with Crippen molar-refractivity contribution in [2.24, 2.45) is 0 Å². The first-order valence-corrected chi connectivity index (χ1v) is 3.77. The summed E-state index contributed by atoms with van der Waals surface area (Å²) in [5.41, 5.74) is 0.605. The standard InChI is InChI=1S/C10H10O3/c1-2-5-13-10-6-9(12)4-3-8(10)7-11/h1,3-4,6,11-12H,5,7H2. The maximum absolute atomic E-state index is 9.12. The molecule has 13 heavy (non-hydrogen) atoms. The predicted molar refractivity (Wildman–Crippen MR) is 48.4 cm³/mol. The summed E-state index contributed by atoms with van der Waals surface area (Å²) in [5, 5.41) is 18.0. The molecule has 0 aromatic heterocycles. The van der Waals surface area contributed by atoms with Crippen molar-refractivity contribution < 1.29 is 14.9 Å². The average Bonchev–Trinajstić information content (AvgIpc) is 2.15. The Balaban J connectivity index is 2.89. The Hall–Kier alpha value is -1.66. The van der Waals surface area contributed by atoms with Crippen molar-refractivity contribution in [3.63, 3.8) is 0 Å². The average molecular weight is 178 g/mol. The number of phenols is 1. The van der Waals surface area contributed by atoms with Gasteiger partial charge in [0, 0.05) is 11.6 Å². The van der Waals surface area contributed by atoms with Crippen molar-refractivity contribution in [1.29, 1.82) is 0 Å². The molecule has 0 aliphatic heterocycles. The zero-order valence-electron chi connectivity index (χ0n) is 7.03. The molecule has 0 aliphatic carbocycles. The third-order valence-electron chi connectivity index (χ3n) is 1.53. The molecule has 0 unspecified atom stereocenters. The van der Waals surface area contributed by atoms with Gasteiger partial charge < -0.3 is 14.9 Å². The van der Waals surface area contributed by atoms with Crippen LogP contribution in [-0.4, -0.2) is 16.8 Å². The van der Waals surface area contributed by atoms with Gasteiger partial charge in [0.2, 0.25) is 0 Å². The molecule has 0 aliphatic rings. The lowest BCUT2D eigenvalue weighted by Gasteiger charge is -2.07. The quantitative estimate of drug-likeness (QED) is 0.676. The zero-order valence-corrected chi connectivity index (χ0v) is 7.03. The van der Waals surface area contributed by atoms with Gasteiger partial charge in [0.05, 0.1) is 6.61 Å². The number of rotatable bonds is 3. The molecule has 0 radical (unpaired) electrons. The van der Waals surface area contributed by atoms with Crippen LogP contribution in [0.15, 0.2) is 18.2 Å². The third kappa shape index (κ3) is 2.39. The van der Waals surface area contributed by atoms with Crippen molar-refractivity contribution in [1.82, 2.24) is 0 Å². The maximum Gasteiger partial charge on any atom is 0.148 e. The van der Waals surface area contributed by atoms with E-state index in [1.54, 1.807) is 6.07 Å². The van der Waals surface area contributed by atoms with E-state index in [0.29, 0.717) is 11.3 Å². The number of hydrogen-bond acceptors (Lipinski definition) is 3. The first-order valence-electron chi connectivity index (χ1n) is 3.77. The monoisotopic (exact) mass is 178 g/mol. The van der Waals surface area contributed by atoms with Crippen LogP contribution in [0.2, 0.25) is 0 Å². The highest BCUT2D eigenvalue weighted by Gasteiger charge is 2.02. The Morgan fingerprint density at radius 1 is 1.46 bits per heavy atom. The lowest BCUT2D eigenvalue weighted by Crippen LogP contribution is -1.97. The summed E-state index contributed by atoms with van der Waals surface area (Å²) >= 11 is 0. The first-order chi connectivity index (χ1) is 6.27. The molecule has 0 spiro atoms. The fourth-order valence-corrected chi connectivity index (χ4v) is 0.928. The Kier molecular flexibility index (Phi) is 3.18. The van der Waals surface area contributed by atoms with E-state index >= 15 is 0 Å². The minimum Gasteiger partial charge on any atom is -0.508 e. The molecule has 3 nitrogen and oxygen atoms in total. The van der Waals surface area contributed by atoms with E-state index in [4.69, 9.17) is 21.4 Å². The highest BCUT2D eigenvalue weighted by Crippen LogP contribution is 2.23. The molecule has 1 aromatic carbocycles. The van der Waals surface area contributed by atoms with Gasteiger partial charge in [0.25, 0.3) is 0 Å². The van der Waals surface area contributed by atoms with Gasteiger partial charge in [-0.1, -0.05) is 5.92 Å². The first kappa shape index (κ1) is 9.43. The number of hydrogen-bond donors (Lipinski definition) is 2. The van der Waals surface area contributed by atoms with E-state index in [0.717, 1.165) is 0 Å². The van der Waals surface area contributed by atoms with Crippen molar-refractivity contribution in [2.75, 3.05) is 6.61 Å². The van der Waals surface area contributed by atoms with Crippen molar-refractivity contribution in [2.45, 2.75) is 6.61 Å². The van der Waals surface area contributed by atoms with E-state index < -0.39 is 0 Å². The molecule has 0 saturated heterocycles. The van der Waals surface area contributed by atoms with E-state index in [-0.39, 0.29) is 19.0 Å². The molecular formula is C10H10O3. The number of phenolic OH excluding ortho intramolecular Hbond substituents is 1. The minimum absolute atomic E-state index is 0.0872. The molecule has 2 N–H and O–H groups in total. The van der Waals surface area contributed by atoms with Crippen LogP contribution in [0, 0.1) is 12.3 Å². The number of terminal acetylenes is 1. The molecule has 0 bridgehead atoms. The largest absolute Gasteiger partial charge is 0.508 e. The summed E-state index contributed by atoms with van der Waals surface area (Å²) in [6.45, 7) is -0.0172. The molecule has 0 amide bonds. The van der Waals surface area contributed by atoms with Gasteiger partial charge in [-0.05, 0) is 12.1 Å². The molecule has 3 heteroatoms. The number of aliphatic hydroxyl groups excluding tert-OH is 1.